The molecule has 0 bridgehead atoms. The van der Waals surface area contributed by atoms with Crippen LogP contribution in [0.2, 0.25) is 5.02 Å². The number of fused-ring (bicyclic) bond motifs is 1. The normalized spacial score (nSPS) is 28.1. The van der Waals surface area contributed by atoms with E-state index >= 15 is 0 Å². The highest BCUT2D eigenvalue weighted by atomic mass is 35.5. The van der Waals surface area contributed by atoms with Crippen molar-refractivity contribution in [1.29, 1.82) is 0 Å². The van der Waals surface area contributed by atoms with E-state index in [1.165, 1.54) is 12.1 Å². The Balaban J connectivity index is 1.42. The molecule has 2 aromatic rings. The van der Waals surface area contributed by atoms with Gasteiger partial charge in [0.05, 0.1) is 17.9 Å². The van der Waals surface area contributed by atoms with E-state index in [1.54, 1.807) is 19.4 Å². The van der Waals surface area contributed by atoms with Crippen molar-refractivity contribution in [2.75, 3.05) is 26.7 Å². The lowest BCUT2D eigenvalue weighted by Gasteiger charge is -2.40. The fourth-order valence-corrected chi connectivity index (χ4v) is 5.10. The van der Waals surface area contributed by atoms with Crippen LogP contribution in [0.4, 0.5) is 4.39 Å². The van der Waals surface area contributed by atoms with Gasteiger partial charge in [-0.05, 0) is 61.1 Å². The minimum absolute atomic E-state index is 0.0131. The van der Waals surface area contributed by atoms with Crippen molar-refractivity contribution in [3.63, 3.8) is 0 Å². The molecule has 4 rings (SSSR count). The standard InChI is InChI=1S/C22H26ClFN2O2/c1-28-21-13-26(8-6-18(21)17-5-4-16(24)11-19(17)23)12-14-9-15-3-2-7-25-22(15)20(27)10-14/h2-5,7,11,14,18,20-21,27H,6,8-10,12-13H2,1H3/t14-,18-,20+,21+/m1/s1. The third kappa shape index (κ3) is 4.08. The maximum absolute atomic E-state index is 13.4. The van der Waals surface area contributed by atoms with Crippen LogP contribution in [0.15, 0.2) is 36.5 Å². The first-order chi connectivity index (χ1) is 13.5. The van der Waals surface area contributed by atoms with Gasteiger partial charge >= 0.3 is 0 Å². The second kappa shape index (κ2) is 8.46. The van der Waals surface area contributed by atoms with Crippen LogP contribution in [0.3, 0.4) is 0 Å². The van der Waals surface area contributed by atoms with Gasteiger partial charge in [0, 0.05) is 37.3 Å². The molecule has 0 radical (unpaired) electrons. The maximum atomic E-state index is 13.4. The van der Waals surface area contributed by atoms with Crippen LogP contribution in [0.25, 0.3) is 0 Å². The van der Waals surface area contributed by atoms with Crippen LogP contribution in [-0.2, 0) is 11.2 Å². The number of pyridine rings is 1. The van der Waals surface area contributed by atoms with E-state index in [9.17, 15) is 9.50 Å². The van der Waals surface area contributed by atoms with Crippen LogP contribution < -0.4 is 0 Å². The summed E-state index contributed by atoms with van der Waals surface area (Å²) >= 11 is 6.30. The Bertz CT molecular complexity index is 834. The van der Waals surface area contributed by atoms with Gasteiger partial charge in [-0.15, -0.1) is 0 Å². The lowest BCUT2D eigenvalue weighted by atomic mass is 9.83. The highest BCUT2D eigenvalue weighted by Gasteiger charge is 2.34. The van der Waals surface area contributed by atoms with Gasteiger partial charge in [-0.2, -0.15) is 0 Å². The molecular weight excluding hydrogens is 379 g/mol. The molecule has 1 N–H and O–H groups in total. The number of halogens is 2. The largest absolute Gasteiger partial charge is 0.387 e. The number of methoxy groups -OCH3 is 1. The van der Waals surface area contributed by atoms with Gasteiger partial charge in [0.15, 0.2) is 0 Å². The van der Waals surface area contributed by atoms with Crippen molar-refractivity contribution in [2.24, 2.45) is 5.92 Å². The molecule has 1 saturated heterocycles. The Kier molecular flexibility index (Phi) is 5.97. The van der Waals surface area contributed by atoms with Crippen molar-refractivity contribution in [1.82, 2.24) is 9.88 Å². The smallest absolute Gasteiger partial charge is 0.124 e. The SMILES string of the molecule is CO[C@H]1CN(C[C@@H]2Cc3cccnc3[C@@H](O)C2)CC[C@@H]1c1ccc(F)cc1Cl. The van der Waals surface area contributed by atoms with E-state index in [2.05, 4.69) is 16.0 Å². The Morgan fingerprint density at radius 1 is 1.36 bits per heavy atom. The number of aliphatic hydroxyl groups excluding tert-OH is 1. The van der Waals surface area contributed by atoms with E-state index in [4.69, 9.17) is 16.3 Å². The molecule has 1 aliphatic carbocycles. The van der Waals surface area contributed by atoms with Crippen LogP contribution in [0.5, 0.6) is 0 Å². The van der Waals surface area contributed by atoms with E-state index in [0.29, 0.717) is 10.9 Å². The first kappa shape index (κ1) is 19.8. The number of benzene rings is 1. The number of nitrogens with zero attached hydrogens (tertiary/aromatic N) is 2. The van der Waals surface area contributed by atoms with Gasteiger partial charge in [-0.1, -0.05) is 23.7 Å². The minimum atomic E-state index is -0.483. The van der Waals surface area contributed by atoms with Crippen LogP contribution in [0.1, 0.15) is 41.7 Å². The second-order valence-electron chi connectivity index (χ2n) is 7.96. The molecule has 1 aliphatic heterocycles. The van der Waals surface area contributed by atoms with Crippen molar-refractivity contribution in [2.45, 2.75) is 37.4 Å². The topological polar surface area (TPSA) is 45.6 Å². The quantitative estimate of drug-likeness (QED) is 0.837. The third-order valence-electron chi connectivity index (χ3n) is 6.13. The summed E-state index contributed by atoms with van der Waals surface area (Å²) in [6, 6.07) is 8.64. The van der Waals surface area contributed by atoms with E-state index in [0.717, 1.165) is 55.7 Å². The number of likely N-dealkylation sites (tertiary alicyclic amines) is 1. The average molecular weight is 405 g/mol. The molecule has 28 heavy (non-hydrogen) atoms. The maximum Gasteiger partial charge on any atom is 0.124 e. The molecule has 0 spiro atoms. The molecule has 1 fully saturated rings. The molecule has 0 saturated carbocycles. The molecule has 0 amide bonds. The predicted octanol–water partition coefficient (Wildman–Crippen LogP) is 3.97. The highest BCUT2D eigenvalue weighted by Crippen LogP contribution is 2.36. The zero-order chi connectivity index (χ0) is 19.7. The number of piperidine rings is 1. The second-order valence-corrected chi connectivity index (χ2v) is 8.37. The lowest BCUT2D eigenvalue weighted by Crippen LogP contribution is -2.46. The molecule has 1 aromatic heterocycles. The fourth-order valence-electron chi connectivity index (χ4n) is 4.79. The van der Waals surface area contributed by atoms with Gasteiger partial charge in [0.25, 0.3) is 0 Å². The Morgan fingerprint density at radius 2 is 2.21 bits per heavy atom. The number of hydrogen-bond acceptors (Lipinski definition) is 4. The summed E-state index contributed by atoms with van der Waals surface area (Å²) in [7, 11) is 1.73. The van der Waals surface area contributed by atoms with Crippen molar-refractivity contribution in [3.8, 4) is 0 Å². The van der Waals surface area contributed by atoms with Crippen LogP contribution >= 0.6 is 11.6 Å². The van der Waals surface area contributed by atoms with Crippen molar-refractivity contribution in [3.05, 3.63) is 64.2 Å². The summed E-state index contributed by atoms with van der Waals surface area (Å²) in [5, 5.41) is 10.9. The zero-order valence-electron chi connectivity index (χ0n) is 16.0. The predicted molar refractivity (Wildman–Crippen MR) is 107 cm³/mol. The van der Waals surface area contributed by atoms with Gasteiger partial charge in [0.1, 0.15) is 5.82 Å². The third-order valence-corrected chi connectivity index (χ3v) is 6.46. The monoisotopic (exact) mass is 404 g/mol. The van der Waals surface area contributed by atoms with Crippen molar-refractivity contribution < 1.29 is 14.2 Å². The molecule has 2 aliphatic rings. The molecule has 150 valence electrons. The molecule has 4 nitrogen and oxygen atoms in total. The van der Waals surface area contributed by atoms with Gasteiger partial charge in [-0.25, -0.2) is 4.39 Å². The Labute approximate surface area is 170 Å². The summed E-state index contributed by atoms with van der Waals surface area (Å²) in [6.45, 7) is 2.67. The van der Waals surface area contributed by atoms with Gasteiger partial charge in [-0.3, -0.25) is 4.98 Å². The summed E-state index contributed by atoms with van der Waals surface area (Å²) in [4.78, 5) is 6.76. The van der Waals surface area contributed by atoms with E-state index in [1.807, 2.05) is 6.07 Å². The summed E-state index contributed by atoms with van der Waals surface area (Å²) < 4.78 is 19.2. The molecule has 6 heteroatoms. The highest BCUT2D eigenvalue weighted by molar-refractivity contribution is 6.31. The fraction of sp³-hybridized carbons (Fsp3) is 0.500. The summed E-state index contributed by atoms with van der Waals surface area (Å²) in [5.41, 5.74) is 2.95. The Morgan fingerprint density at radius 3 is 3.00 bits per heavy atom. The van der Waals surface area contributed by atoms with Gasteiger partial charge in [0.2, 0.25) is 0 Å². The number of hydrogen-bond donors (Lipinski definition) is 1. The number of aliphatic hydroxyl groups is 1. The van der Waals surface area contributed by atoms with Crippen molar-refractivity contribution >= 4 is 11.6 Å². The first-order valence-electron chi connectivity index (χ1n) is 9.87. The average Bonchev–Trinajstić information content (AvgIpc) is 2.68. The molecular formula is C22H26ClFN2O2. The van der Waals surface area contributed by atoms with Crippen LogP contribution in [-0.4, -0.2) is 47.8 Å². The number of ether oxygens (including phenoxy) is 1. The zero-order valence-corrected chi connectivity index (χ0v) is 16.8. The van der Waals surface area contributed by atoms with Crippen LogP contribution in [0, 0.1) is 11.7 Å². The molecule has 1 aromatic carbocycles. The molecule has 2 heterocycles. The van der Waals surface area contributed by atoms with Gasteiger partial charge < -0.3 is 14.7 Å². The Hall–Kier alpha value is -1.53. The van der Waals surface area contributed by atoms with E-state index < -0.39 is 6.10 Å². The molecule has 4 atom stereocenters. The van der Waals surface area contributed by atoms with E-state index in [-0.39, 0.29) is 17.8 Å². The molecule has 0 unspecified atom stereocenters. The first-order valence-corrected chi connectivity index (χ1v) is 10.2. The minimum Gasteiger partial charge on any atom is -0.387 e. The lowest BCUT2D eigenvalue weighted by molar-refractivity contribution is 0.00523. The number of rotatable bonds is 4. The summed E-state index contributed by atoms with van der Waals surface area (Å²) in [6.07, 6.45) is 3.88. The number of aromatic nitrogens is 1. The summed E-state index contributed by atoms with van der Waals surface area (Å²) in [5.74, 6) is 0.247.